The maximum Gasteiger partial charge on any atom is 0.149 e. The van der Waals surface area contributed by atoms with Crippen molar-refractivity contribution in [2.75, 3.05) is 6.54 Å². The number of aryl methyl sites for hydroxylation is 1. The van der Waals surface area contributed by atoms with Crippen LogP contribution in [0.4, 0.5) is 0 Å². The van der Waals surface area contributed by atoms with E-state index in [4.69, 9.17) is 0 Å². The zero-order valence-electron chi connectivity index (χ0n) is 9.51. The lowest BCUT2D eigenvalue weighted by Crippen LogP contribution is -2.26. The van der Waals surface area contributed by atoms with Crippen LogP contribution in [0.3, 0.4) is 0 Å². The number of hydrogen-bond donors (Lipinski definition) is 2. The van der Waals surface area contributed by atoms with Crippen molar-refractivity contribution in [3.8, 4) is 0 Å². The first-order chi connectivity index (χ1) is 7.86. The SMILES string of the molecule is CCNC(c1ncn[nH]1)c1nccn1CC. The Kier molecular flexibility index (Phi) is 3.31. The largest absolute Gasteiger partial charge is 0.334 e. The molecule has 6 heteroatoms. The predicted octanol–water partition coefficient (Wildman–Crippen LogP) is 0.720. The van der Waals surface area contributed by atoms with E-state index in [1.54, 1.807) is 6.20 Å². The topological polar surface area (TPSA) is 71.4 Å². The fourth-order valence-electron chi connectivity index (χ4n) is 1.72. The maximum absolute atomic E-state index is 4.37. The summed E-state index contributed by atoms with van der Waals surface area (Å²) in [6.45, 7) is 5.89. The Hall–Kier alpha value is -1.69. The van der Waals surface area contributed by atoms with Crippen molar-refractivity contribution in [1.29, 1.82) is 0 Å². The van der Waals surface area contributed by atoms with Crippen LogP contribution in [0.5, 0.6) is 0 Å². The molecule has 2 N–H and O–H groups in total. The summed E-state index contributed by atoms with van der Waals surface area (Å²) < 4.78 is 2.09. The minimum absolute atomic E-state index is 0.0255. The van der Waals surface area contributed by atoms with Gasteiger partial charge in [0.05, 0.1) is 0 Å². The van der Waals surface area contributed by atoms with Gasteiger partial charge in [-0.05, 0) is 13.5 Å². The van der Waals surface area contributed by atoms with Crippen LogP contribution in [0.15, 0.2) is 18.7 Å². The monoisotopic (exact) mass is 220 g/mol. The highest BCUT2D eigenvalue weighted by Gasteiger charge is 2.20. The molecule has 0 fully saturated rings. The smallest absolute Gasteiger partial charge is 0.149 e. The van der Waals surface area contributed by atoms with Gasteiger partial charge in [-0.25, -0.2) is 9.97 Å². The first kappa shape index (κ1) is 10.8. The molecule has 1 atom stereocenters. The van der Waals surface area contributed by atoms with E-state index < -0.39 is 0 Å². The highest BCUT2D eigenvalue weighted by atomic mass is 15.2. The van der Waals surface area contributed by atoms with Gasteiger partial charge in [-0.2, -0.15) is 5.10 Å². The van der Waals surface area contributed by atoms with E-state index in [1.165, 1.54) is 6.33 Å². The molecule has 0 spiro atoms. The van der Waals surface area contributed by atoms with E-state index >= 15 is 0 Å². The minimum Gasteiger partial charge on any atom is -0.334 e. The van der Waals surface area contributed by atoms with Crippen molar-refractivity contribution in [1.82, 2.24) is 30.0 Å². The lowest BCUT2D eigenvalue weighted by molar-refractivity contribution is 0.537. The van der Waals surface area contributed by atoms with Crippen LogP contribution in [0.2, 0.25) is 0 Å². The first-order valence-corrected chi connectivity index (χ1v) is 5.46. The number of nitrogens with zero attached hydrogens (tertiary/aromatic N) is 4. The lowest BCUT2D eigenvalue weighted by Gasteiger charge is -2.15. The highest BCUT2D eigenvalue weighted by Crippen LogP contribution is 2.16. The van der Waals surface area contributed by atoms with Crippen molar-refractivity contribution >= 4 is 0 Å². The van der Waals surface area contributed by atoms with Gasteiger partial charge < -0.3 is 9.88 Å². The molecular weight excluding hydrogens is 204 g/mol. The maximum atomic E-state index is 4.37. The fourth-order valence-corrected chi connectivity index (χ4v) is 1.72. The van der Waals surface area contributed by atoms with E-state index in [0.29, 0.717) is 0 Å². The number of rotatable bonds is 5. The molecule has 0 amide bonds. The number of aromatic amines is 1. The molecule has 2 heterocycles. The van der Waals surface area contributed by atoms with Gasteiger partial charge in [0, 0.05) is 18.9 Å². The van der Waals surface area contributed by atoms with Crippen LogP contribution in [0.25, 0.3) is 0 Å². The molecule has 0 radical (unpaired) electrons. The fraction of sp³-hybridized carbons (Fsp3) is 0.500. The first-order valence-electron chi connectivity index (χ1n) is 5.46. The summed E-state index contributed by atoms with van der Waals surface area (Å²) in [4.78, 5) is 8.56. The minimum atomic E-state index is -0.0255. The second-order valence-electron chi connectivity index (χ2n) is 3.43. The van der Waals surface area contributed by atoms with Gasteiger partial charge in [0.2, 0.25) is 0 Å². The molecule has 1 unspecified atom stereocenters. The van der Waals surface area contributed by atoms with Crippen molar-refractivity contribution in [3.05, 3.63) is 30.4 Å². The van der Waals surface area contributed by atoms with Crippen molar-refractivity contribution < 1.29 is 0 Å². The van der Waals surface area contributed by atoms with Gasteiger partial charge in [0.15, 0.2) is 0 Å². The van der Waals surface area contributed by atoms with Gasteiger partial charge in [-0.3, -0.25) is 5.10 Å². The van der Waals surface area contributed by atoms with E-state index in [9.17, 15) is 0 Å². The molecule has 6 nitrogen and oxygen atoms in total. The third-order valence-electron chi connectivity index (χ3n) is 2.46. The summed E-state index contributed by atoms with van der Waals surface area (Å²) in [6.07, 6.45) is 5.29. The molecule has 2 aromatic rings. The van der Waals surface area contributed by atoms with Gasteiger partial charge >= 0.3 is 0 Å². The Morgan fingerprint density at radius 3 is 2.94 bits per heavy atom. The van der Waals surface area contributed by atoms with Crippen LogP contribution in [0, 0.1) is 0 Å². The summed E-state index contributed by atoms with van der Waals surface area (Å²) in [5, 5.41) is 10.1. The predicted molar refractivity (Wildman–Crippen MR) is 59.8 cm³/mol. The summed E-state index contributed by atoms with van der Waals surface area (Å²) in [5.74, 6) is 1.75. The van der Waals surface area contributed by atoms with E-state index in [2.05, 4.69) is 43.9 Å². The van der Waals surface area contributed by atoms with Crippen LogP contribution in [-0.2, 0) is 6.54 Å². The van der Waals surface area contributed by atoms with Crippen LogP contribution < -0.4 is 5.32 Å². The quantitative estimate of drug-likeness (QED) is 0.779. The molecule has 0 aliphatic heterocycles. The van der Waals surface area contributed by atoms with Crippen LogP contribution in [-0.4, -0.2) is 31.3 Å². The second kappa shape index (κ2) is 4.89. The number of H-pyrrole nitrogens is 1. The second-order valence-corrected chi connectivity index (χ2v) is 3.43. The highest BCUT2D eigenvalue weighted by molar-refractivity contribution is 5.10. The molecule has 0 bridgehead atoms. The van der Waals surface area contributed by atoms with E-state index in [1.807, 2.05) is 6.20 Å². The molecule has 0 aliphatic rings. The Labute approximate surface area is 94.1 Å². The molecule has 86 valence electrons. The number of imidazole rings is 1. The average molecular weight is 220 g/mol. The van der Waals surface area contributed by atoms with Gasteiger partial charge in [-0.1, -0.05) is 6.92 Å². The molecule has 16 heavy (non-hydrogen) atoms. The lowest BCUT2D eigenvalue weighted by atomic mass is 10.2. The number of aromatic nitrogens is 5. The Bertz CT molecular complexity index is 418. The van der Waals surface area contributed by atoms with Gasteiger partial charge in [0.25, 0.3) is 0 Å². The van der Waals surface area contributed by atoms with E-state index in [-0.39, 0.29) is 6.04 Å². The zero-order valence-corrected chi connectivity index (χ0v) is 9.51. The molecule has 0 aliphatic carbocycles. The molecular formula is C10H16N6. The summed E-state index contributed by atoms with van der Waals surface area (Å²) in [5.41, 5.74) is 0. The van der Waals surface area contributed by atoms with Gasteiger partial charge in [-0.15, -0.1) is 0 Å². The summed E-state index contributed by atoms with van der Waals surface area (Å²) in [7, 11) is 0. The van der Waals surface area contributed by atoms with Crippen LogP contribution in [0.1, 0.15) is 31.5 Å². The third-order valence-corrected chi connectivity index (χ3v) is 2.46. The van der Waals surface area contributed by atoms with Crippen molar-refractivity contribution in [2.24, 2.45) is 0 Å². The summed E-state index contributed by atoms with van der Waals surface area (Å²) in [6, 6.07) is -0.0255. The van der Waals surface area contributed by atoms with Crippen molar-refractivity contribution in [2.45, 2.75) is 26.4 Å². The third kappa shape index (κ3) is 1.96. The van der Waals surface area contributed by atoms with E-state index in [0.717, 1.165) is 24.7 Å². The summed E-state index contributed by atoms with van der Waals surface area (Å²) >= 11 is 0. The van der Waals surface area contributed by atoms with Crippen LogP contribution >= 0.6 is 0 Å². The normalized spacial score (nSPS) is 12.9. The molecule has 2 rings (SSSR count). The van der Waals surface area contributed by atoms with Gasteiger partial charge in [0.1, 0.15) is 24.0 Å². The molecule has 0 saturated heterocycles. The Morgan fingerprint density at radius 1 is 1.44 bits per heavy atom. The number of nitrogens with one attached hydrogen (secondary N) is 2. The number of hydrogen-bond acceptors (Lipinski definition) is 4. The standard InChI is InChI=1S/C10H16N6/c1-3-11-8(9-13-7-14-15-9)10-12-5-6-16(10)4-2/h5-8,11H,3-4H2,1-2H3,(H,13,14,15). The Morgan fingerprint density at radius 2 is 2.31 bits per heavy atom. The molecule has 2 aromatic heterocycles. The molecule has 0 aromatic carbocycles. The zero-order chi connectivity index (χ0) is 11.4. The Balaban J connectivity index is 2.33. The average Bonchev–Trinajstić information content (AvgIpc) is 2.96. The molecule has 0 saturated carbocycles. The van der Waals surface area contributed by atoms with Crippen molar-refractivity contribution in [3.63, 3.8) is 0 Å².